The fourth-order valence-electron chi connectivity index (χ4n) is 1.47. The summed E-state index contributed by atoms with van der Waals surface area (Å²) in [6.07, 6.45) is 1.68. The third-order valence-electron chi connectivity index (χ3n) is 2.17. The topological polar surface area (TPSA) is 111 Å². The molecule has 0 aromatic carbocycles. The number of aryl methyl sites for hydroxylation is 1. The van der Waals surface area contributed by atoms with Crippen molar-refractivity contribution >= 4 is 33.7 Å². The molecule has 0 aliphatic heterocycles. The molecule has 1 rings (SSSR count). The smallest absolute Gasteiger partial charge is 0.271 e. The summed E-state index contributed by atoms with van der Waals surface area (Å²) in [5.74, 6) is -1.91. The van der Waals surface area contributed by atoms with Gasteiger partial charge in [-0.05, 0) is 22.0 Å². The maximum Gasteiger partial charge on any atom is 0.271 e. The average molecular weight is 317 g/mol. The molecular weight excluding hydrogens is 304 g/mol. The Morgan fingerprint density at radius 2 is 1.78 bits per heavy atom. The van der Waals surface area contributed by atoms with E-state index in [1.165, 1.54) is 0 Å². The lowest BCUT2D eigenvalue weighted by molar-refractivity contribution is -0.121. The zero-order valence-corrected chi connectivity index (χ0v) is 11.3. The van der Waals surface area contributed by atoms with Crippen LogP contribution in [0.3, 0.4) is 0 Å². The van der Waals surface area contributed by atoms with Crippen molar-refractivity contribution in [3.63, 3.8) is 0 Å². The van der Waals surface area contributed by atoms with Crippen molar-refractivity contribution in [2.45, 2.75) is 0 Å². The van der Waals surface area contributed by atoms with Gasteiger partial charge in [0.2, 0.25) is 11.8 Å². The number of hydrogen-bond acceptors (Lipinski definition) is 3. The molecule has 0 aliphatic carbocycles. The highest BCUT2D eigenvalue weighted by atomic mass is 79.9. The highest BCUT2D eigenvalue weighted by Gasteiger charge is 2.22. The van der Waals surface area contributed by atoms with Gasteiger partial charge >= 0.3 is 0 Å². The van der Waals surface area contributed by atoms with Crippen LogP contribution in [0, 0.1) is 0 Å². The molecule has 0 radical (unpaired) electrons. The summed E-state index contributed by atoms with van der Waals surface area (Å²) in [6, 6.07) is 1.58. The summed E-state index contributed by atoms with van der Waals surface area (Å²) in [5, 5.41) is 0. The summed E-state index contributed by atoms with van der Waals surface area (Å²) < 4.78 is 2.29. The Bertz CT molecular complexity index is 481. The Balaban J connectivity index is 2.97. The molecule has 0 fully saturated rings. The lowest BCUT2D eigenvalue weighted by Gasteiger charge is -2.19. The van der Waals surface area contributed by atoms with E-state index in [2.05, 4.69) is 15.9 Å². The van der Waals surface area contributed by atoms with E-state index in [9.17, 15) is 14.4 Å². The molecule has 18 heavy (non-hydrogen) atoms. The Morgan fingerprint density at radius 3 is 2.11 bits per heavy atom. The van der Waals surface area contributed by atoms with E-state index < -0.39 is 17.7 Å². The summed E-state index contributed by atoms with van der Waals surface area (Å²) >= 11 is 3.23. The van der Waals surface area contributed by atoms with Crippen molar-refractivity contribution < 1.29 is 14.4 Å². The Morgan fingerprint density at radius 1 is 1.28 bits per heavy atom. The summed E-state index contributed by atoms with van der Waals surface area (Å²) in [7, 11) is 1.67. The van der Waals surface area contributed by atoms with E-state index in [1.807, 2.05) is 0 Å². The molecule has 1 aromatic rings. The highest BCUT2D eigenvalue weighted by molar-refractivity contribution is 9.10. The van der Waals surface area contributed by atoms with Gasteiger partial charge in [-0.1, -0.05) is 0 Å². The maximum absolute atomic E-state index is 12.1. The standard InChI is InChI=1S/C10H13BrN4O3/c1-14-3-6(11)2-7(14)10(18)15(4-8(12)16)5-9(13)17/h2-3H,4-5H2,1H3,(H2,12,16)(H2,13,17). The molecule has 0 unspecified atom stereocenters. The number of aromatic nitrogens is 1. The average Bonchev–Trinajstić information content (AvgIpc) is 2.54. The lowest BCUT2D eigenvalue weighted by Crippen LogP contribution is -2.43. The first kappa shape index (κ1) is 14.2. The van der Waals surface area contributed by atoms with E-state index in [1.54, 1.807) is 23.9 Å². The first-order chi connectivity index (χ1) is 8.31. The Labute approximate surface area is 112 Å². The third kappa shape index (κ3) is 3.59. The van der Waals surface area contributed by atoms with Crippen LogP contribution >= 0.6 is 15.9 Å². The van der Waals surface area contributed by atoms with Crippen molar-refractivity contribution in [3.8, 4) is 0 Å². The minimum absolute atomic E-state index is 0.323. The Kier molecular flexibility index (Phi) is 4.49. The van der Waals surface area contributed by atoms with Crippen LogP contribution in [0.5, 0.6) is 0 Å². The van der Waals surface area contributed by atoms with Gasteiger partial charge in [0.1, 0.15) is 18.8 Å². The predicted molar refractivity (Wildman–Crippen MR) is 67.4 cm³/mol. The van der Waals surface area contributed by atoms with Crippen LogP contribution < -0.4 is 11.5 Å². The van der Waals surface area contributed by atoms with Crippen LogP contribution in [-0.2, 0) is 16.6 Å². The van der Waals surface area contributed by atoms with E-state index >= 15 is 0 Å². The van der Waals surface area contributed by atoms with Gasteiger partial charge in [0.05, 0.1) is 0 Å². The molecule has 1 aromatic heterocycles. The van der Waals surface area contributed by atoms with Gasteiger partial charge in [0.15, 0.2) is 0 Å². The lowest BCUT2D eigenvalue weighted by atomic mass is 10.3. The first-order valence-electron chi connectivity index (χ1n) is 4.99. The first-order valence-corrected chi connectivity index (χ1v) is 5.78. The predicted octanol–water partition coefficient (Wildman–Crippen LogP) is -0.800. The van der Waals surface area contributed by atoms with Crippen LogP contribution in [0.4, 0.5) is 0 Å². The number of nitrogens with zero attached hydrogens (tertiary/aromatic N) is 2. The summed E-state index contributed by atoms with van der Waals surface area (Å²) in [6.45, 7) is -0.713. The fraction of sp³-hybridized carbons (Fsp3) is 0.300. The fourth-order valence-corrected chi connectivity index (χ4v) is 2.00. The van der Waals surface area contributed by atoms with Crippen molar-refractivity contribution in [1.29, 1.82) is 0 Å². The molecular formula is C10H13BrN4O3. The van der Waals surface area contributed by atoms with E-state index in [0.29, 0.717) is 10.2 Å². The number of carbonyl (C=O) groups is 3. The van der Waals surface area contributed by atoms with Gasteiger partial charge in [-0.25, -0.2) is 0 Å². The zero-order chi connectivity index (χ0) is 13.9. The van der Waals surface area contributed by atoms with Gasteiger partial charge in [0, 0.05) is 17.7 Å². The number of hydrogen-bond donors (Lipinski definition) is 2. The highest BCUT2D eigenvalue weighted by Crippen LogP contribution is 2.15. The largest absolute Gasteiger partial charge is 0.368 e. The number of nitrogens with two attached hydrogens (primary N) is 2. The van der Waals surface area contributed by atoms with Crippen molar-refractivity contribution in [3.05, 3.63) is 22.4 Å². The van der Waals surface area contributed by atoms with Gasteiger partial charge in [0.25, 0.3) is 5.91 Å². The number of primary amides is 2. The van der Waals surface area contributed by atoms with E-state index in [4.69, 9.17) is 11.5 Å². The molecule has 0 atom stereocenters. The molecule has 7 nitrogen and oxygen atoms in total. The van der Waals surface area contributed by atoms with Gasteiger partial charge < -0.3 is 20.9 Å². The monoisotopic (exact) mass is 316 g/mol. The second kappa shape index (κ2) is 5.67. The molecule has 4 N–H and O–H groups in total. The van der Waals surface area contributed by atoms with E-state index in [-0.39, 0.29) is 13.1 Å². The molecule has 0 saturated heterocycles. The number of halogens is 1. The van der Waals surface area contributed by atoms with Crippen LogP contribution in [0.15, 0.2) is 16.7 Å². The second-order valence-corrected chi connectivity index (χ2v) is 4.66. The van der Waals surface area contributed by atoms with Crippen molar-refractivity contribution in [2.75, 3.05) is 13.1 Å². The molecule has 3 amide bonds. The minimum Gasteiger partial charge on any atom is -0.368 e. The zero-order valence-electron chi connectivity index (χ0n) is 9.72. The van der Waals surface area contributed by atoms with Crippen LogP contribution in [0.1, 0.15) is 10.5 Å². The number of carbonyl (C=O) groups excluding carboxylic acids is 3. The number of rotatable bonds is 5. The normalized spacial score (nSPS) is 10.1. The molecule has 0 aliphatic rings. The van der Waals surface area contributed by atoms with Gasteiger partial charge in [-0.3, -0.25) is 14.4 Å². The third-order valence-corrected chi connectivity index (χ3v) is 2.60. The van der Waals surface area contributed by atoms with Crippen molar-refractivity contribution in [1.82, 2.24) is 9.47 Å². The van der Waals surface area contributed by atoms with Crippen LogP contribution in [0.25, 0.3) is 0 Å². The molecule has 98 valence electrons. The maximum atomic E-state index is 12.1. The SMILES string of the molecule is Cn1cc(Br)cc1C(=O)N(CC(N)=O)CC(N)=O. The summed E-state index contributed by atoms with van der Waals surface area (Å²) in [5.41, 5.74) is 10.4. The number of amides is 3. The van der Waals surface area contributed by atoms with Gasteiger partial charge in [-0.15, -0.1) is 0 Å². The van der Waals surface area contributed by atoms with Crippen LogP contribution in [-0.4, -0.2) is 40.3 Å². The molecule has 0 saturated carbocycles. The molecule has 0 spiro atoms. The second-order valence-electron chi connectivity index (χ2n) is 3.75. The van der Waals surface area contributed by atoms with Crippen molar-refractivity contribution in [2.24, 2.45) is 18.5 Å². The molecule has 1 heterocycles. The Hall–Kier alpha value is -1.83. The summed E-state index contributed by atoms with van der Waals surface area (Å²) in [4.78, 5) is 34.9. The quantitative estimate of drug-likeness (QED) is 0.741. The molecule has 0 bridgehead atoms. The van der Waals surface area contributed by atoms with E-state index in [0.717, 1.165) is 4.90 Å². The van der Waals surface area contributed by atoms with Gasteiger partial charge in [-0.2, -0.15) is 0 Å². The molecule has 8 heteroatoms. The van der Waals surface area contributed by atoms with Crippen LogP contribution in [0.2, 0.25) is 0 Å². The minimum atomic E-state index is -0.710.